The molecule has 0 aromatic carbocycles. The largest absolute Gasteiger partial charge is 0.370 e. The van der Waals surface area contributed by atoms with Gasteiger partial charge in [0.05, 0.1) is 22.4 Å². The molecule has 0 atom stereocenters. The van der Waals surface area contributed by atoms with E-state index < -0.39 is 0 Å². The Morgan fingerprint density at radius 3 is 2.62 bits per heavy atom. The Bertz CT molecular complexity index is 1150. The smallest absolute Gasteiger partial charge is 0.189 e. The van der Waals surface area contributed by atoms with Crippen LogP contribution in [0.25, 0.3) is 20.4 Å². The van der Waals surface area contributed by atoms with Gasteiger partial charge in [-0.25, -0.2) is 15.0 Å². The number of anilines is 1. The number of thioether (sulfide) groups is 1. The van der Waals surface area contributed by atoms with Crippen molar-refractivity contribution in [3.05, 3.63) is 16.8 Å². The van der Waals surface area contributed by atoms with Crippen LogP contribution in [0.4, 0.5) is 5.82 Å². The van der Waals surface area contributed by atoms with Gasteiger partial charge in [-0.05, 0) is 50.8 Å². The summed E-state index contributed by atoms with van der Waals surface area (Å²) in [7, 11) is 0. The standard InChI is InChI=1S/C25H34N4OS2/c1-14(2)11-18-17-13-30-25(3,4)12-16(17)19-20-21(32-23(19)27-18)22(29-24(28-20)31-5)26-15-9-7-6-8-10-15/h14-15H,6-13H2,1-5H3,(H,26,28,29). The second-order valence-electron chi connectivity index (χ2n) is 10.3. The predicted octanol–water partition coefficient (Wildman–Crippen LogP) is 6.76. The number of pyridine rings is 1. The molecule has 1 saturated carbocycles. The van der Waals surface area contributed by atoms with Crippen LogP contribution in [-0.2, 0) is 24.2 Å². The zero-order chi connectivity index (χ0) is 22.5. The Labute approximate surface area is 199 Å². The lowest BCUT2D eigenvalue weighted by atomic mass is 9.88. The van der Waals surface area contributed by atoms with E-state index in [1.807, 2.05) is 0 Å². The van der Waals surface area contributed by atoms with Crippen LogP contribution in [0.2, 0.25) is 0 Å². The van der Waals surface area contributed by atoms with Gasteiger partial charge in [-0.2, -0.15) is 0 Å². The van der Waals surface area contributed by atoms with Crippen LogP contribution in [0.3, 0.4) is 0 Å². The summed E-state index contributed by atoms with van der Waals surface area (Å²) in [5.74, 6) is 1.56. The molecule has 3 aromatic rings. The molecule has 32 heavy (non-hydrogen) atoms. The number of nitrogens with one attached hydrogen (secondary N) is 1. The molecule has 172 valence electrons. The summed E-state index contributed by atoms with van der Waals surface area (Å²) in [6.45, 7) is 9.55. The zero-order valence-corrected chi connectivity index (χ0v) is 21.5. The average Bonchev–Trinajstić information content (AvgIpc) is 3.12. The lowest BCUT2D eigenvalue weighted by Crippen LogP contribution is -2.33. The SMILES string of the molecule is CSc1nc(NC2CCCCC2)c2sc3nc(CC(C)C)c4c(c3c2n1)CC(C)(C)OC4. The van der Waals surface area contributed by atoms with Crippen molar-refractivity contribution in [3.8, 4) is 0 Å². The zero-order valence-electron chi connectivity index (χ0n) is 19.9. The summed E-state index contributed by atoms with van der Waals surface area (Å²) >= 11 is 3.38. The van der Waals surface area contributed by atoms with Crippen LogP contribution in [0.15, 0.2) is 5.16 Å². The molecule has 0 amide bonds. The number of nitrogens with zero attached hydrogens (tertiary/aromatic N) is 3. The van der Waals surface area contributed by atoms with E-state index in [0.29, 0.717) is 18.6 Å². The van der Waals surface area contributed by atoms with Crippen molar-refractivity contribution in [3.63, 3.8) is 0 Å². The molecule has 1 aliphatic carbocycles. The Balaban J connectivity index is 1.73. The van der Waals surface area contributed by atoms with E-state index in [0.717, 1.165) is 38.9 Å². The van der Waals surface area contributed by atoms with Crippen LogP contribution in [0, 0.1) is 5.92 Å². The molecular formula is C25H34N4OS2. The van der Waals surface area contributed by atoms with E-state index in [9.17, 15) is 0 Å². The van der Waals surface area contributed by atoms with Crippen molar-refractivity contribution in [1.29, 1.82) is 0 Å². The summed E-state index contributed by atoms with van der Waals surface area (Å²) in [6.07, 6.45) is 10.3. The highest BCUT2D eigenvalue weighted by Gasteiger charge is 2.32. The van der Waals surface area contributed by atoms with E-state index in [1.165, 1.54) is 54.3 Å². The maximum atomic E-state index is 6.23. The van der Waals surface area contributed by atoms with Crippen molar-refractivity contribution < 1.29 is 4.74 Å². The van der Waals surface area contributed by atoms with Gasteiger partial charge in [-0.1, -0.05) is 44.9 Å². The predicted molar refractivity (Wildman–Crippen MR) is 136 cm³/mol. The van der Waals surface area contributed by atoms with Crippen LogP contribution < -0.4 is 5.32 Å². The first-order valence-corrected chi connectivity index (χ1v) is 14.0. The molecular weight excluding hydrogens is 436 g/mol. The summed E-state index contributed by atoms with van der Waals surface area (Å²) in [5, 5.41) is 5.86. The third kappa shape index (κ3) is 4.24. The Kier molecular flexibility index (Phi) is 6.10. The van der Waals surface area contributed by atoms with Gasteiger partial charge in [-0.15, -0.1) is 11.3 Å². The van der Waals surface area contributed by atoms with Gasteiger partial charge in [-0.3, -0.25) is 0 Å². The maximum Gasteiger partial charge on any atom is 0.189 e. The maximum absolute atomic E-state index is 6.23. The molecule has 0 bridgehead atoms. The van der Waals surface area contributed by atoms with Gasteiger partial charge in [0.15, 0.2) is 5.16 Å². The molecule has 1 aliphatic heterocycles. The minimum absolute atomic E-state index is 0.177. The summed E-state index contributed by atoms with van der Waals surface area (Å²) in [4.78, 5) is 16.2. The highest BCUT2D eigenvalue weighted by atomic mass is 32.2. The molecule has 1 N–H and O–H groups in total. The minimum atomic E-state index is -0.177. The lowest BCUT2D eigenvalue weighted by Gasteiger charge is -2.33. The van der Waals surface area contributed by atoms with Gasteiger partial charge < -0.3 is 10.1 Å². The fourth-order valence-corrected chi connectivity index (χ4v) is 6.59. The van der Waals surface area contributed by atoms with E-state index in [-0.39, 0.29) is 5.60 Å². The van der Waals surface area contributed by atoms with Gasteiger partial charge in [0.25, 0.3) is 0 Å². The molecule has 3 aromatic heterocycles. The number of ether oxygens (including phenoxy) is 1. The molecule has 2 aliphatic rings. The molecule has 0 radical (unpaired) electrons. The van der Waals surface area contributed by atoms with Gasteiger partial charge in [0, 0.05) is 29.1 Å². The fraction of sp³-hybridized carbons (Fsp3) is 0.640. The summed E-state index contributed by atoms with van der Waals surface area (Å²) in [5.41, 5.74) is 4.77. The van der Waals surface area contributed by atoms with Gasteiger partial charge in [0.2, 0.25) is 0 Å². The molecule has 7 heteroatoms. The number of fused-ring (bicyclic) bond motifs is 5. The van der Waals surface area contributed by atoms with Gasteiger partial charge >= 0.3 is 0 Å². The van der Waals surface area contributed by atoms with Crippen molar-refractivity contribution in [2.24, 2.45) is 5.92 Å². The van der Waals surface area contributed by atoms with Crippen LogP contribution in [0.1, 0.15) is 76.6 Å². The number of aromatic nitrogens is 3. The summed E-state index contributed by atoms with van der Waals surface area (Å²) in [6, 6.07) is 0.507. The van der Waals surface area contributed by atoms with Crippen molar-refractivity contribution in [2.75, 3.05) is 11.6 Å². The number of rotatable bonds is 5. The number of hydrogen-bond donors (Lipinski definition) is 1. The summed E-state index contributed by atoms with van der Waals surface area (Å²) < 4.78 is 7.39. The highest BCUT2D eigenvalue weighted by Crippen LogP contribution is 2.43. The van der Waals surface area contributed by atoms with Crippen LogP contribution in [0.5, 0.6) is 0 Å². The van der Waals surface area contributed by atoms with Crippen molar-refractivity contribution in [1.82, 2.24) is 15.0 Å². The van der Waals surface area contributed by atoms with Crippen LogP contribution in [-0.4, -0.2) is 32.9 Å². The van der Waals surface area contributed by atoms with E-state index in [2.05, 4.69) is 39.3 Å². The Morgan fingerprint density at radius 1 is 1.12 bits per heavy atom. The lowest BCUT2D eigenvalue weighted by molar-refractivity contribution is -0.0402. The first-order chi connectivity index (χ1) is 15.3. The Morgan fingerprint density at radius 2 is 1.91 bits per heavy atom. The second kappa shape index (κ2) is 8.73. The van der Waals surface area contributed by atoms with E-state index in [4.69, 9.17) is 19.7 Å². The van der Waals surface area contributed by atoms with Crippen molar-refractivity contribution in [2.45, 2.75) is 96.0 Å². The average molecular weight is 471 g/mol. The fourth-order valence-electron chi connectivity index (χ4n) is 5.11. The molecule has 0 unspecified atom stereocenters. The number of hydrogen-bond acceptors (Lipinski definition) is 7. The molecule has 1 fully saturated rings. The van der Waals surface area contributed by atoms with E-state index >= 15 is 0 Å². The minimum Gasteiger partial charge on any atom is -0.370 e. The first kappa shape index (κ1) is 22.4. The molecule has 0 saturated heterocycles. The number of thiophene rings is 1. The normalized spacial score (nSPS) is 19.1. The Hall–Kier alpha value is -1.44. The molecule has 5 nitrogen and oxygen atoms in total. The third-order valence-corrected chi connectivity index (χ3v) is 8.31. The van der Waals surface area contributed by atoms with Crippen molar-refractivity contribution >= 4 is 49.3 Å². The van der Waals surface area contributed by atoms with E-state index in [1.54, 1.807) is 23.1 Å². The van der Waals surface area contributed by atoms with Gasteiger partial charge in [0.1, 0.15) is 10.6 Å². The third-order valence-electron chi connectivity index (χ3n) is 6.69. The first-order valence-electron chi connectivity index (χ1n) is 11.9. The monoisotopic (exact) mass is 470 g/mol. The van der Waals surface area contributed by atoms with Crippen LogP contribution >= 0.6 is 23.1 Å². The quantitative estimate of drug-likeness (QED) is 0.328. The molecule has 0 spiro atoms. The second-order valence-corrected chi connectivity index (χ2v) is 12.1. The molecule has 5 rings (SSSR count). The topological polar surface area (TPSA) is 59.9 Å². The highest BCUT2D eigenvalue weighted by molar-refractivity contribution is 7.98. The molecule has 4 heterocycles.